The molecule has 6 heavy (non-hydrogen) atoms. The van der Waals surface area contributed by atoms with Crippen molar-refractivity contribution in [3.8, 4) is 11.2 Å². The van der Waals surface area contributed by atoms with Crippen molar-refractivity contribution in [2.24, 2.45) is 0 Å². The summed E-state index contributed by atoms with van der Waals surface area (Å²) in [5, 5.41) is 0. The third-order valence-corrected chi connectivity index (χ3v) is 2.57. The van der Waals surface area contributed by atoms with Crippen molar-refractivity contribution in [1.29, 1.82) is 0 Å². The van der Waals surface area contributed by atoms with E-state index in [0.717, 1.165) is 0 Å². The predicted octanol–water partition coefficient (Wildman–Crippen LogP) is -1.04. The summed E-state index contributed by atoms with van der Waals surface area (Å²) in [6, 6.07) is 0. The van der Waals surface area contributed by atoms with Gasteiger partial charge in [-0.3, -0.25) is 0 Å². The van der Waals surface area contributed by atoms with Crippen LogP contribution in [0.3, 0.4) is 0 Å². The van der Waals surface area contributed by atoms with Crippen molar-refractivity contribution in [1.82, 2.24) is 0 Å². The summed E-state index contributed by atoms with van der Waals surface area (Å²) in [7, 11) is 0. The van der Waals surface area contributed by atoms with Gasteiger partial charge in [-0.25, -0.2) is 0 Å². The number of hydrogen-bond donors (Lipinski definition) is 2. The molecule has 0 heterocycles. The average Bonchev–Trinajstić information content (AvgIpc) is 1.35. The zero-order valence-electron chi connectivity index (χ0n) is 2.92. The first-order valence-corrected chi connectivity index (χ1v) is 6.28. The maximum absolute atomic E-state index is 8.11. The predicted molar refractivity (Wildman–Crippen MR) is 28.7 cm³/mol. The first kappa shape index (κ1) is 6.43. The van der Waals surface area contributed by atoms with E-state index in [1.165, 1.54) is 0 Å². The number of terminal acetylenes is 1. The van der Waals surface area contributed by atoms with Crippen LogP contribution < -0.4 is 0 Å². The van der Waals surface area contributed by atoms with Crippen molar-refractivity contribution >= 4 is 20.7 Å². The van der Waals surface area contributed by atoms with Gasteiger partial charge in [0.1, 0.15) is 0 Å². The molecule has 0 rings (SSSR count). The first-order chi connectivity index (χ1) is 2.77. The number of hydrogen-bond acceptors (Lipinski definition) is 2. The van der Waals surface area contributed by atoms with Crippen LogP contribution in [-0.2, 0) is 0 Å². The Balaban J connectivity index is 3.51. The minimum absolute atomic E-state index is 0.572. The van der Waals surface area contributed by atoms with Crippen molar-refractivity contribution in [2.45, 2.75) is 0 Å². The van der Waals surface area contributed by atoms with Crippen LogP contribution in [0.25, 0.3) is 0 Å². The van der Waals surface area contributed by atoms with Crippen LogP contribution in [0.1, 0.15) is 0 Å². The van der Waals surface area contributed by atoms with Crippen molar-refractivity contribution < 1.29 is 9.79 Å². The van der Waals surface area contributed by atoms with E-state index in [0.29, 0.717) is 0 Å². The Morgan fingerprint density at radius 2 is 2.17 bits per heavy atom. The second-order valence-corrected chi connectivity index (χ2v) is 5.83. The summed E-state index contributed by atoms with van der Waals surface area (Å²) in [5.74, 6) is 0. The standard InChI is InChI=1S/C2H5O2PSe/c1-2-6-5(3)4/h1,3-6H. The van der Waals surface area contributed by atoms with Crippen LogP contribution in [0.5, 0.6) is 0 Å². The molecule has 0 atom stereocenters. The molecular formula is C2H5O2PSe. The normalized spacial score (nSPS) is 8.33. The quantitative estimate of drug-likeness (QED) is 0.277. The zero-order valence-corrected chi connectivity index (χ0v) is 5.80. The second-order valence-electron chi connectivity index (χ2n) is 0.541. The summed E-state index contributed by atoms with van der Waals surface area (Å²) >= 11 is -0.572. The molecule has 0 amide bonds. The van der Waals surface area contributed by atoms with E-state index in [2.05, 4.69) is 4.82 Å². The van der Waals surface area contributed by atoms with E-state index >= 15 is 0 Å². The van der Waals surface area contributed by atoms with E-state index in [1.54, 1.807) is 0 Å². The molecule has 2 N–H and O–H groups in total. The summed E-state index contributed by atoms with van der Waals surface area (Å²) in [5.41, 5.74) is 0. The van der Waals surface area contributed by atoms with Crippen LogP contribution in [0.15, 0.2) is 0 Å². The SMILES string of the molecule is C#C[SeH]=[PH](O)O. The molecule has 2 nitrogen and oxygen atoms in total. The topological polar surface area (TPSA) is 40.5 Å². The fraction of sp³-hybridized carbons (Fsp3) is 0. The fourth-order valence-electron chi connectivity index (χ4n) is 0.0577. The Hall–Kier alpha value is 0.429. The molecule has 36 valence electrons. The number of rotatable bonds is 0. The Labute approximate surface area is 42.3 Å². The van der Waals surface area contributed by atoms with E-state index in [1.807, 2.05) is 0 Å². The van der Waals surface area contributed by atoms with Gasteiger partial charge in [-0.2, -0.15) is 0 Å². The molecule has 0 bridgehead atoms. The van der Waals surface area contributed by atoms with Crippen LogP contribution in [0.2, 0.25) is 0 Å². The van der Waals surface area contributed by atoms with Gasteiger partial charge >= 0.3 is 41.7 Å². The molecule has 4 heteroatoms. The Morgan fingerprint density at radius 1 is 1.67 bits per heavy atom. The first-order valence-electron chi connectivity index (χ1n) is 1.18. The Kier molecular flexibility index (Phi) is 3.87. The summed E-state index contributed by atoms with van der Waals surface area (Å²) < 4.78 is 0. The third-order valence-electron chi connectivity index (χ3n) is 0.165. The van der Waals surface area contributed by atoms with Gasteiger partial charge in [0.05, 0.1) is 0 Å². The van der Waals surface area contributed by atoms with Gasteiger partial charge in [0, 0.05) is 0 Å². The van der Waals surface area contributed by atoms with Crippen LogP contribution in [0, 0.1) is 11.2 Å². The maximum atomic E-state index is 8.11. The monoisotopic (exact) mass is 172 g/mol. The van der Waals surface area contributed by atoms with Crippen molar-refractivity contribution in [3.63, 3.8) is 0 Å². The molecule has 0 saturated heterocycles. The van der Waals surface area contributed by atoms with E-state index in [-0.39, 0.29) is 0 Å². The Morgan fingerprint density at radius 3 is 2.17 bits per heavy atom. The molecule has 0 aromatic heterocycles. The molecule has 0 saturated carbocycles. The molecule has 0 aliphatic rings. The third kappa shape index (κ3) is 4.43. The van der Waals surface area contributed by atoms with E-state index in [9.17, 15) is 0 Å². The molecule has 0 aliphatic carbocycles. The minimum atomic E-state index is -2.03. The molecule has 0 fully saturated rings. The second kappa shape index (κ2) is 3.61. The van der Waals surface area contributed by atoms with Gasteiger partial charge in [0.25, 0.3) is 0 Å². The van der Waals surface area contributed by atoms with E-state index in [4.69, 9.17) is 16.2 Å². The van der Waals surface area contributed by atoms with Gasteiger partial charge in [0.2, 0.25) is 0 Å². The molecule has 0 aromatic rings. The van der Waals surface area contributed by atoms with Crippen molar-refractivity contribution in [2.75, 3.05) is 0 Å². The van der Waals surface area contributed by atoms with Crippen LogP contribution in [0.4, 0.5) is 0 Å². The average molecular weight is 171 g/mol. The van der Waals surface area contributed by atoms with Gasteiger partial charge in [-0.05, 0) is 0 Å². The molecule has 0 radical (unpaired) electrons. The summed E-state index contributed by atoms with van der Waals surface area (Å²) in [4.78, 5) is 18.4. The molecule has 0 spiro atoms. The van der Waals surface area contributed by atoms with Gasteiger partial charge < -0.3 is 0 Å². The molecule has 0 aliphatic heterocycles. The zero-order chi connectivity index (χ0) is 4.99. The van der Waals surface area contributed by atoms with Crippen LogP contribution in [-0.4, -0.2) is 23.8 Å². The van der Waals surface area contributed by atoms with Crippen LogP contribution >= 0.6 is 6.62 Å². The van der Waals surface area contributed by atoms with Gasteiger partial charge in [-0.15, -0.1) is 0 Å². The summed E-state index contributed by atoms with van der Waals surface area (Å²) in [6.07, 6.45) is 4.73. The molecule has 0 aromatic carbocycles. The fourth-order valence-corrected chi connectivity index (χ4v) is 0.900. The van der Waals surface area contributed by atoms with Gasteiger partial charge in [0.15, 0.2) is 0 Å². The van der Waals surface area contributed by atoms with Gasteiger partial charge in [-0.1, -0.05) is 0 Å². The van der Waals surface area contributed by atoms with Crippen molar-refractivity contribution in [3.05, 3.63) is 0 Å². The molecule has 0 unspecified atom stereocenters. The summed E-state index contributed by atoms with van der Waals surface area (Å²) in [6.45, 7) is -2.03. The molecular weight excluding hydrogens is 166 g/mol. The Bertz CT molecular complexity index is 98.6. The van der Waals surface area contributed by atoms with E-state index < -0.39 is 20.7 Å².